The molecular weight excluding hydrogens is 304 g/mol. The van der Waals surface area contributed by atoms with Crippen molar-refractivity contribution in [1.29, 1.82) is 0 Å². The molecule has 0 amide bonds. The van der Waals surface area contributed by atoms with Crippen LogP contribution in [0.1, 0.15) is 0 Å². The lowest BCUT2D eigenvalue weighted by Gasteiger charge is -1.93. The lowest BCUT2D eigenvalue weighted by atomic mass is 10.3. The van der Waals surface area contributed by atoms with E-state index in [-0.39, 0.29) is 0 Å². The van der Waals surface area contributed by atoms with Gasteiger partial charge in [-0.05, 0) is 30.3 Å². The van der Waals surface area contributed by atoms with Gasteiger partial charge in [0.2, 0.25) is 5.88 Å². The first-order chi connectivity index (χ1) is 11.8. The molecular formula is C19H22N2O3. The minimum Gasteiger partial charge on any atom is -0.497 e. The molecule has 0 saturated heterocycles. The number of aromatic nitrogens is 2. The SMILES string of the molecule is COc1ccccc1.COc1ccccn1.COc1cccnc1. The van der Waals surface area contributed by atoms with Crippen molar-refractivity contribution in [2.45, 2.75) is 0 Å². The van der Waals surface area contributed by atoms with Gasteiger partial charge in [-0.2, -0.15) is 0 Å². The van der Waals surface area contributed by atoms with E-state index >= 15 is 0 Å². The van der Waals surface area contributed by atoms with Crippen LogP contribution in [0.5, 0.6) is 17.4 Å². The zero-order chi connectivity index (χ0) is 17.5. The second-order valence-corrected chi connectivity index (χ2v) is 4.28. The molecule has 0 saturated carbocycles. The number of hydrogen-bond donors (Lipinski definition) is 0. The van der Waals surface area contributed by atoms with Crippen LogP contribution in [0.15, 0.2) is 79.3 Å². The summed E-state index contributed by atoms with van der Waals surface area (Å²) in [4.78, 5) is 7.71. The molecule has 0 atom stereocenters. The highest BCUT2D eigenvalue weighted by atomic mass is 16.5. The molecule has 0 radical (unpaired) electrons. The molecule has 0 bridgehead atoms. The average Bonchev–Trinajstić information content (AvgIpc) is 2.71. The summed E-state index contributed by atoms with van der Waals surface area (Å²) in [5.74, 6) is 2.37. The van der Waals surface area contributed by atoms with Crippen LogP contribution in [0.4, 0.5) is 0 Å². The zero-order valence-corrected chi connectivity index (χ0v) is 14.1. The number of hydrogen-bond acceptors (Lipinski definition) is 5. The molecule has 3 rings (SSSR count). The van der Waals surface area contributed by atoms with Gasteiger partial charge in [-0.3, -0.25) is 4.98 Å². The minimum atomic E-state index is 0.660. The normalized spacial score (nSPS) is 8.62. The van der Waals surface area contributed by atoms with E-state index in [1.165, 1.54) is 0 Å². The lowest BCUT2D eigenvalue weighted by molar-refractivity contribution is 0.398. The Balaban J connectivity index is 0.000000180. The van der Waals surface area contributed by atoms with Crippen LogP contribution in [0, 0.1) is 0 Å². The van der Waals surface area contributed by atoms with Crippen LogP contribution >= 0.6 is 0 Å². The number of nitrogens with zero attached hydrogens (tertiary/aromatic N) is 2. The van der Waals surface area contributed by atoms with Crippen molar-refractivity contribution in [1.82, 2.24) is 9.97 Å². The van der Waals surface area contributed by atoms with E-state index in [9.17, 15) is 0 Å². The van der Waals surface area contributed by atoms with Gasteiger partial charge in [0.25, 0.3) is 0 Å². The monoisotopic (exact) mass is 326 g/mol. The molecule has 5 nitrogen and oxygen atoms in total. The highest BCUT2D eigenvalue weighted by molar-refractivity contribution is 5.20. The Morgan fingerprint density at radius 3 is 1.67 bits per heavy atom. The van der Waals surface area contributed by atoms with Gasteiger partial charge in [0, 0.05) is 18.5 Å². The summed E-state index contributed by atoms with van der Waals surface area (Å²) in [5, 5.41) is 0. The molecule has 0 aliphatic carbocycles. The smallest absolute Gasteiger partial charge is 0.212 e. The molecule has 0 unspecified atom stereocenters. The third-order valence-electron chi connectivity index (χ3n) is 2.70. The fourth-order valence-electron chi connectivity index (χ4n) is 1.49. The number of ether oxygens (including phenoxy) is 3. The topological polar surface area (TPSA) is 53.5 Å². The molecule has 2 heterocycles. The first-order valence-corrected chi connectivity index (χ1v) is 7.28. The summed E-state index contributed by atoms with van der Waals surface area (Å²) in [5.41, 5.74) is 0. The van der Waals surface area contributed by atoms with Crippen LogP contribution in [-0.4, -0.2) is 31.3 Å². The Kier molecular flexibility index (Phi) is 9.85. The van der Waals surface area contributed by atoms with Gasteiger partial charge in [0.1, 0.15) is 11.5 Å². The van der Waals surface area contributed by atoms with Crippen LogP contribution in [0.25, 0.3) is 0 Å². The van der Waals surface area contributed by atoms with Crippen molar-refractivity contribution in [3.8, 4) is 17.4 Å². The summed E-state index contributed by atoms with van der Waals surface area (Å²) < 4.78 is 14.6. The average molecular weight is 326 g/mol. The van der Waals surface area contributed by atoms with E-state index in [1.54, 1.807) is 46.0 Å². The molecule has 0 aliphatic heterocycles. The van der Waals surface area contributed by atoms with Crippen molar-refractivity contribution in [3.63, 3.8) is 0 Å². The van der Waals surface area contributed by atoms with Gasteiger partial charge in [-0.15, -0.1) is 0 Å². The summed E-state index contributed by atoms with van der Waals surface area (Å²) in [7, 11) is 4.88. The number of methoxy groups -OCH3 is 3. The van der Waals surface area contributed by atoms with Gasteiger partial charge in [-0.1, -0.05) is 24.3 Å². The van der Waals surface area contributed by atoms with Gasteiger partial charge in [0.05, 0.1) is 27.5 Å². The van der Waals surface area contributed by atoms with Crippen LogP contribution in [0.3, 0.4) is 0 Å². The summed E-state index contributed by atoms with van der Waals surface area (Å²) >= 11 is 0. The molecule has 0 N–H and O–H groups in total. The number of rotatable bonds is 3. The Labute approximate surface area is 142 Å². The molecule has 3 aromatic rings. The first kappa shape index (κ1) is 19.0. The largest absolute Gasteiger partial charge is 0.497 e. The first-order valence-electron chi connectivity index (χ1n) is 7.28. The number of benzene rings is 1. The highest BCUT2D eigenvalue weighted by Gasteiger charge is 1.82. The van der Waals surface area contributed by atoms with E-state index < -0.39 is 0 Å². The number of para-hydroxylation sites is 1. The van der Waals surface area contributed by atoms with E-state index in [4.69, 9.17) is 14.2 Å². The molecule has 24 heavy (non-hydrogen) atoms. The van der Waals surface area contributed by atoms with Crippen molar-refractivity contribution in [2.75, 3.05) is 21.3 Å². The molecule has 0 aliphatic rings. The Morgan fingerprint density at radius 2 is 1.29 bits per heavy atom. The second-order valence-electron chi connectivity index (χ2n) is 4.28. The molecule has 126 valence electrons. The maximum absolute atomic E-state index is 4.91. The summed E-state index contributed by atoms with van der Waals surface area (Å²) in [6.45, 7) is 0. The second kappa shape index (κ2) is 12.5. The Morgan fingerprint density at radius 1 is 0.625 bits per heavy atom. The molecule has 5 heteroatoms. The third kappa shape index (κ3) is 8.38. The maximum Gasteiger partial charge on any atom is 0.212 e. The van der Waals surface area contributed by atoms with Crippen LogP contribution in [0.2, 0.25) is 0 Å². The fourth-order valence-corrected chi connectivity index (χ4v) is 1.49. The van der Waals surface area contributed by atoms with E-state index in [1.807, 2.05) is 54.6 Å². The maximum atomic E-state index is 4.91. The highest BCUT2D eigenvalue weighted by Crippen LogP contribution is 2.05. The van der Waals surface area contributed by atoms with Crippen molar-refractivity contribution in [2.24, 2.45) is 0 Å². The van der Waals surface area contributed by atoms with Gasteiger partial charge < -0.3 is 14.2 Å². The van der Waals surface area contributed by atoms with E-state index in [2.05, 4.69) is 9.97 Å². The van der Waals surface area contributed by atoms with Crippen molar-refractivity contribution >= 4 is 0 Å². The standard InChI is InChI=1S/C7H8O.2C6H7NO/c1-8-7-5-3-2-4-6-7;1-8-6-3-2-4-7-5-6;1-8-6-4-2-3-5-7-6/h2-6H,1H3;2*2-5H,1H3. The molecule has 2 aromatic heterocycles. The summed E-state index contributed by atoms with van der Waals surface area (Å²) in [6, 6.07) is 18.9. The van der Waals surface area contributed by atoms with E-state index in [0.717, 1.165) is 11.5 Å². The fraction of sp³-hybridized carbons (Fsp3) is 0.158. The van der Waals surface area contributed by atoms with Crippen LogP contribution < -0.4 is 14.2 Å². The van der Waals surface area contributed by atoms with Gasteiger partial charge in [-0.25, -0.2) is 4.98 Å². The summed E-state index contributed by atoms with van der Waals surface area (Å²) in [6.07, 6.45) is 5.07. The Bertz CT molecular complexity index is 541. The van der Waals surface area contributed by atoms with Crippen molar-refractivity contribution < 1.29 is 14.2 Å². The number of pyridine rings is 2. The quantitative estimate of drug-likeness (QED) is 0.731. The Hall–Kier alpha value is -3.08. The predicted octanol–water partition coefficient (Wildman–Crippen LogP) is 3.88. The van der Waals surface area contributed by atoms with Gasteiger partial charge >= 0.3 is 0 Å². The van der Waals surface area contributed by atoms with Crippen LogP contribution in [-0.2, 0) is 0 Å². The minimum absolute atomic E-state index is 0.660. The third-order valence-corrected chi connectivity index (χ3v) is 2.70. The predicted molar refractivity (Wildman–Crippen MR) is 94.6 cm³/mol. The lowest BCUT2D eigenvalue weighted by Crippen LogP contribution is -1.83. The zero-order valence-electron chi connectivity index (χ0n) is 14.1. The van der Waals surface area contributed by atoms with Gasteiger partial charge in [0.15, 0.2) is 0 Å². The van der Waals surface area contributed by atoms with E-state index in [0.29, 0.717) is 5.88 Å². The van der Waals surface area contributed by atoms with Crippen molar-refractivity contribution in [3.05, 3.63) is 79.3 Å². The molecule has 1 aromatic carbocycles. The molecule has 0 fully saturated rings. The molecule has 0 spiro atoms.